The molecule has 0 saturated carbocycles. The van der Waals surface area contributed by atoms with Gasteiger partial charge in [0.05, 0.1) is 18.3 Å². The Labute approximate surface area is 427 Å². The number of carbonyl (C=O) groups is 3. The van der Waals surface area contributed by atoms with Crippen molar-refractivity contribution in [3.05, 3.63) is 36.5 Å². The molecule has 373 valence electrons. The van der Waals surface area contributed by atoms with Gasteiger partial charge in [0.1, 0.15) is 0 Å². The zero-order valence-electron chi connectivity index (χ0n) is 41.6. The van der Waals surface area contributed by atoms with Crippen molar-refractivity contribution in [1.29, 1.82) is 0 Å². The van der Waals surface area contributed by atoms with Gasteiger partial charge in [-0.1, -0.05) is 192 Å². The molecule has 0 heterocycles. The van der Waals surface area contributed by atoms with Gasteiger partial charge in [0, 0.05) is 17.9 Å². The van der Waals surface area contributed by atoms with Crippen molar-refractivity contribution < 1.29 is 86.8 Å². The smallest absolute Gasteiger partial charge is 0.550 e. The molecule has 3 unspecified atom stereocenters. The van der Waals surface area contributed by atoms with Crippen LogP contribution in [-0.4, -0.2) is 51.5 Å². The summed E-state index contributed by atoms with van der Waals surface area (Å²) in [6, 6.07) is 0. The maximum absolute atomic E-state index is 10.2. The van der Waals surface area contributed by atoms with E-state index in [1.54, 1.807) is 0 Å². The molecule has 0 amide bonds. The Morgan fingerprint density at radius 3 is 0.797 bits per heavy atom. The van der Waals surface area contributed by atoms with Crippen LogP contribution in [-0.2, 0) is 14.4 Å². The zero-order chi connectivity index (χ0) is 47.3. The van der Waals surface area contributed by atoms with Crippen molar-refractivity contribution in [3.63, 3.8) is 0 Å². The normalized spacial score (nSPS) is 12.7. The number of hydrogen-bond donors (Lipinski definition) is 3. The first-order valence-corrected chi connectivity index (χ1v) is 26.1. The molecule has 0 aromatic heterocycles. The van der Waals surface area contributed by atoms with Crippen LogP contribution >= 0.6 is 0 Å². The van der Waals surface area contributed by atoms with E-state index in [1.807, 2.05) is 0 Å². The number of aliphatic hydroxyl groups is 3. The topological polar surface area (TPSA) is 181 Å². The van der Waals surface area contributed by atoms with Crippen LogP contribution in [0.2, 0.25) is 0 Å². The largest absolute Gasteiger partial charge is 3.00 e. The van der Waals surface area contributed by atoms with Crippen LogP contribution < -0.4 is 15.3 Å². The van der Waals surface area contributed by atoms with Gasteiger partial charge in [0.15, 0.2) is 0 Å². The summed E-state index contributed by atoms with van der Waals surface area (Å²) in [6.45, 7) is 6.59. The Kier molecular flexibility index (Phi) is 65.0. The average Bonchev–Trinajstić information content (AvgIpc) is 3.24. The summed E-state index contributed by atoms with van der Waals surface area (Å²) in [6.07, 6.45) is 51.0. The van der Waals surface area contributed by atoms with Crippen molar-refractivity contribution in [3.8, 4) is 0 Å². The first-order valence-electron chi connectivity index (χ1n) is 26.1. The first kappa shape index (κ1) is 69.5. The minimum absolute atomic E-state index is 0. The van der Waals surface area contributed by atoms with Crippen LogP contribution in [0.5, 0.6) is 0 Å². The van der Waals surface area contributed by atoms with Crippen molar-refractivity contribution in [2.45, 2.75) is 289 Å². The molecule has 0 aromatic carbocycles. The Morgan fingerprint density at radius 1 is 0.344 bits per heavy atom. The molecule has 0 aliphatic heterocycles. The molecule has 0 aliphatic carbocycles. The molecule has 9 nitrogen and oxygen atoms in total. The van der Waals surface area contributed by atoms with E-state index >= 15 is 0 Å². The molecular formula is C54H99CeO9. The fraction of sp³-hybridized carbons (Fsp3) is 0.833. The number of aliphatic carboxylic acids is 3. The third-order valence-corrected chi connectivity index (χ3v) is 11.2. The van der Waals surface area contributed by atoms with Gasteiger partial charge in [-0.3, -0.25) is 0 Å². The van der Waals surface area contributed by atoms with Gasteiger partial charge in [-0.2, -0.15) is 0 Å². The minimum Gasteiger partial charge on any atom is -0.550 e. The van der Waals surface area contributed by atoms with Gasteiger partial charge in [0.25, 0.3) is 0 Å². The molecule has 10 heteroatoms. The van der Waals surface area contributed by atoms with Gasteiger partial charge in [-0.15, -0.1) is 0 Å². The van der Waals surface area contributed by atoms with Crippen molar-refractivity contribution in [2.24, 2.45) is 0 Å². The van der Waals surface area contributed by atoms with E-state index in [0.29, 0.717) is 0 Å². The fourth-order valence-corrected chi connectivity index (χ4v) is 7.07. The predicted octanol–water partition coefficient (Wildman–Crippen LogP) is 11.2. The molecular weight excluding hydrogens is 933 g/mol. The summed E-state index contributed by atoms with van der Waals surface area (Å²) in [5.41, 5.74) is 0. The molecule has 0 aliphatic rings. The average molecular weight is 1030 g/mol. The molecule has 0 aromatic rings. The predicted molar refractivity (Wildman–Crippen MR) is 258 cm³/mol. The van der Waals surface area contributed by atoms with E-state index in [2.05, 4.69) is 57.2 Å². The second-order valence-electron chi connectivity index (χ2n) is 17.7. The molecule has 0 spiro atoms. The minimum atomic E-state index is -0.939. The number of allylic oxidation sites excluding steroid dienone is 3. The Hall–Kier alpha value is -1.11. The molecule has 0 rings (SSSR count). The van der Waals surface area contributed by atoms with Crippen molar-refractivity contribution in [1.82, 2.24) is 0 Å². The van der Waals surface area contributed by atoms with E-state index < -0.39 is 17.9 Å². The van der Waals surface area contributed by atoms with Crippen LogP contribution in [0, 0.1) is 41.7 Å². The summed E-state index contributed by atoms with van der Waals surface area (Å²) in [5.74, 6) is -2.82. The molecule has 1 radical (unpaired) electrons. The number of hydrogen-bond acceptors (Lipinski definition) is 9. The van der Waals surface area contributed by atoms with Gasteiger partial charge >= 0.3 is 41.7 Å². The van der Waals surface area contributed by atoms with Crippen LogP contribution in [0.25, 0.3) is 0 Å². The quantitative estimate of drug-likeness (QED) is 0.0395. The molecule has 0 saturated heterocycles. The Bertz CT molecular complexity index is 919. The number of carbonyl (C=O) groups excluding carboxylic acids is 3. The Balaban J connectivity index is -0.000000419. The molecule has 0 bridgehead atoms. The van der Waals surface area contributed by atoms with Gasteiger partial charge in [0.2, 0.25) is 0 Å². The molecule has 0 fully saturated rings. The number of carboxylic acids is 3. The monoisotopic (exact) mass is 1030 g/mol. The van der Waals surface area contributed by atoms with Crippen molar-refractivity contribution in [2.75, 3.05) is 0 Å². The van der Waals surface area contributed by atoms with E-state index in [1.165, 1.54) is 57.8 Å². The van der Waals surface area contributed by atoms with Gasteiger partial charge in [-0.25, -0.2) is 0 Å². The summed E-state index contributed by atoms with van der Waals surface area (Å²) in [7, 11) is 0. The summed E-state index contributed by atoms with van der Waals surface area (Å²) in [4.78, 5) is 30.7. The standard InChI is InChI=1S/3C18H34O3.Ce/c3*1-2-3-4-11-14-17(19)15-12-9-7-5-6-8-10-13-16-18(20)21;/h3*9,12,17,19H,2-8,10-11,13-16H2,1H3,(H,20,21);/q;;;+3/p-3/b3*12-9-;. The van der Waals surface area contributed by atoms with Crippen LogP contribution in [0.4, 0.5) is 0 Å². The number of aliphatic hydroxyl groups excluding tert-OH is 3. The van der Waals surface area contributed by atoms with Crippen LogP contribution in [0.3, 0.4) is 0 Å². The van der Waals surface area contributed by atoms with Crippen molar-refractivity contribution >= 4 is 17.9 Å². The zero-order valence-corrected chi connectivity index (χ0v) is 44.7. The van der Waals surface area contributed by atoms with Gasteiger partial charge in [-0.05, 0) is 116 Å². The third kappa shape index (κ3) is 69.9. The van der Waals surface area contributed by atoms with Gasteiger partial charge < -0.3 is 45.0 Å². The van der Waals surface area contributed by atoms with Crippen LogP contribution in [0.15, 0.2) is 36.5 Å². The summed E-state index contributed by atoms with van der Waals surface area (Å²) < 4.78 is 0. The first-order chi connectivity index (χ1) is 30.5. The number of rotatable bonds is 45. The maximum Gasteiger partial charge on any atom is 3.00 e. The fourth-order valence-electron chi connectivity index (χ4n) is 7.07. The third-order valence-electron chi connectivity index (χ3n) is 11.2. The molecule has 3 atom stereocenters. The van der Waals surface area contributed by atoms with E-state index in [0.717, 1.165) is 173 Å². The second-order valence-corrected chi connectivity index (χ2v) is 17.7. The second kappa shape index (κ2) is 59.9. The van der Waals surface area contributed by atoms with Crippen LogP contribution in [0.1, 0.15) is 271 Å². The SMILES string of the molecule is CCCCCCC(O)C/C=C\CCCCCCCC(=O)[O-].CCCCCCC(O)C/C=C\CCCCCCCC(=O)[O-].CCCCCCC(O)C/C=C\CCCCCCCC(=O)[O-].[Ce+3]. The number of carboxylic acid groups (broad SMARTS) is 3. The van der Waals surface area contributed by atoms with E-state index in [-0.39, 0.29) is 79.3 Å². The Morgan fingerprint density at radius 2 is 0.562 bits per heavy atom. The van der Waals surface area contributed by atoms with E-state index in [4.69, 9.17) is 0 Å². The van der Waals surface area contributed by atoms with E-state index in [9.17, 15) is 45.0 Å². The number of unbranched alkanes of at least 4 members (excludes halogenated alkanes) is 24. The summed E-state index contributed by atoms with van der Waals surface area (Å²) >= 11 is 0. The summed E-state index contributed by atoms with van der Waals surface area (Å²) in [5, 5.41) is 60.0. The molecule has 3 N–H and O–H groups in total. The molecule has 64 heavy (non-hydrogen) atoms. The maximum atomic E-state index is 10.2.